The predicted octanol–water partition coefficient (Wildman–Crippen LogP) is 11.2. The van der Waals surface area contributed by atoms with Crippen LogP contribution in [0.3, 0.4) is 0 Å². The third-order valence-electron chi connectivity index (χ3n) is 7.75. The molecular weight excluding hydrogens is 529 g/mol. The van der Waals surface area contributed by atoms with Gasteiger partial charge in [-0.3, -0.25) is 0 Å². The SMILES string of the molecule is CCOC(=O)/C(=C/CCC(CC/C=C(\C)CC/C=C(\C)CCC=C(C)C)CO[Si](C)(C)C(C)(C)C)CSC(C)C. The summed E-state index contributed by atoms with van der Waals surface area (Å²) in [6.07, 6.45) is 18.0. The Morgan fingerprint density at radius 3 is 1.88 bits per heavy atom. The average molecular weight is 593 g/mol. The second-order valence-corrected chi connectivity index (χ2v) is 19.7. The quantitative estimate of drug-likeness (QED) is 0.0609. The number of ether oxygens (including phenoxy) is 1. The minimum absolute atomic E-state index is 0.162. The van der Waals surface area contributed by atoms with Crippen molar-refractivity contribution in [1.82, 2.24) is 0 Å². The topological polar surface area (TPSA) is 35.5 Å². The molecule has 5 heteroatoms. The highest BCUT2D eigenvalue weighted by molar-refractivity contribution is 8.00. The summed E-state index contributed by atoms with van der Waals surface area (Å²) in [7, 11) is -1.81. The van der Waals surface area contributed by atoms with Crippen LogP contribution in [-0.4, -0.2) is 38.5 Å². The largest absolute Gasteiger partial charge is 0.463 e. The maximum atomic E-state index is 12.5. The first-order valence-electron chi connectivity index (χ1n) is 15.6. The van der Waals surface area contributed by atoms with E-state index < -0.39 is 8.32 Å². The molecular formula is C35H64O3SSi. The standard InChI is InChI=1S/C35H64O3SSi/c1-13-37-34(36)33(27-39-29(4)5)25-17-24-32(26-38-40(11,12)35(8,9)10)23-16-22-31(7)21-15-20-30(6)19-14-18-28(2)3/h18,20,22,25,29,32H,13-17,19,21,23-24,26-27H2,1-12H3/b30-20+,31-22+,33-25+. The molecule has 0 spiro atoms. The molecule has 0 aromatic heterocycles. The molecule has 0 fully saturated rings. The number of esters is 1. The van der Waals surface area contributed by atoms with Crippen molar-refractivity contribution in [3.05, 3.63) is 46.6 Å². The highest BCUT2D eigenvalue weighted by Crippen LogP contribution is 2.37. The summed E-state index contributed by atoms with van der Waals surface area (Å²) >= 11 is 1.80. The van der Waals surface area contributed by atoms with Gasteiger partial charge in [0, 0.05) is 17.9 Å². The summed E-state index contributed by atoms with van der Waals surface area (Å²) in [6, 6.07) is 0. The molecule has 0 saturated heterocycles. The summed E-state index contributed by atoms with van der Waals surface area (Å²) in [5.41, 5.74) is 5.19. The van der Waals surface area contributed by atoms with E-state index in [1.54, 1.807) is 11.8 Å². The number of allylic oxidation sites excluding steroid dienone is 7. The summed E-state index contributed by atoms with van der Waals surface area (Å²) in [5, 5.41) is 0.691. The Labute approximate surface area is 254 Å². The molecule has 0 aromatic rings. The fraction of sp³-hybridized carbons (Fsp3) is 0.743. The van der Waals surface area contributed by atoms with Crippen molar-refractivity contribution in [2.75, 3.05) is 19.0 Å². The van der Waals surface area contributed by atoms with Crippen molar-refractivity contribution in [2.45, 2.75) is 144 Å². The first-order chi connectivity index (χ1) is 18.6. The van der Waals surface area contributed by atoms with E-state index in [1.807, 2.05) is 6.92 Å². The van der Waals surface area contributed by atoms with Gasteiger partial charge in [-0.25, -0.2) is 4.79 Å². The first kappa shape index (κ1) is 39.0. The summed E-state index contributed by atoms with van der Waals surface area (Å²) in [5.74, 6) is 1.03. The van der Waals surface area contributed by atoms with Crippen LogP contribution >= 0.6 is 11.8 Å². The lowest BCUT2D eigenvalue weighted by Gasteiger charge is -2.37. The molecule has 232 valence electrons. The van der Waals surface area contributed by atoms with Crippen LogP contribution in [0.5, 0.6) is 0 Å². The van der Waals surface area contributed by atoms with Crippen LogP contribution in [0.1, 0.15) is 121 Å². The van der Waals surface area contributed by atoms with E-state index >= 15 is 0 Å². The Balaban J connectivity index is 5.20. The third kappa shape index (κ3) is 19.1. The van der Waals surface area contributed by atoms with E-state index in [0.29, 0.717) is 23.5 Å². The van der Waals surface area contributed by atoms with Crippen LogP contribution in [0.25, 0.3) is 0 Å². The molecule has 0 aliphatic heterocycles. The molecule has 3 nitrogen and oxygen atoms in total. The summed E-state index contributed by atoms with van der Waals surface area (Å²) in [4.78, 5) is 12.5. The Morgan fingerprint density at radius 1 is 0.850 bits per heavy atom. The lowest BCUT2D eigenvalue weighted by atomic mass is 9.96. The first-order valence-corrected chi connectivity index (χ1v) is 19.6. The molecule has 40 heavy (non-hydrogen) atoms. The number of hydrogen-bond acceptors (Lipinski definition) is 4. The Kier molecular flexibility index (Phi) is 20.2. The second-order valence-electron chi connectivity index (χ2n) is 13.4. The van der Waals surface area contributed by atoms with Crippen molar-refractivity contribution in [1.29, 1.82) is 0 Å². The fourth-order valence-electron chi connectivity index (χ4n) is 3.93. The average Bonchev–Trinajstić information content (AvgIpc) is 2.83. The zero-order valence-electron chi connectivity index (χ0n) is 28.4. The van der Waals surface area contributed by atoms with Gasteiger partial charge >= 0.3 is 5.97 Å². The van der Waals surface area contributed by atoms with Crippen molar-refractivity contribution >= 4 is 26.0 Å². The van der Waals surface area contributed by atoms with Crippen LogP contribution < -0.4 is 0 Å². The summed E-state index contributed by atoms with van der Waals surface area (Å²) < 4.78 is 12.0. The molecule has 1 unspecified atom stereocenters. The van der Waals surface area contributed by atoms with Gasteiger partial charge in [-0.1, -0.05) is 75.6 Å². The molecule has 0 rings (SSSR count). The molecule has 0 heterocycles. The van der Waals surface area contributed by atoms with E-state index in [-0.39, 0.29) is 11.0 Å². The highest BCUT2D eigenvalue weighted by atomic mass is 32.2. The van der Waals surface area contributed by atoms with Gasteiger partial charge < -0.3 is 9.16 Å². The van der Waals surface area contributed by atoms with Crippen molar-refractivity contribution in [3.8, 4) is 0 Å². The molecule has 0 N–H and O–H groups in total. The summed E-state index contributed by atoms with van der Waals surface area (Å²) in [6.45, 7) is 27.9. The van der Waals surface area contributed by atoms with Gasteiger partial charge in [0.1, 0.15) is 0 Å². The lowest BCUT2D eigenvalue weighted by molar-refractivity contribution is -0.138. The molecule has 0 aliphatic rings. The van der Waals surface area contributed by atoms with Gasteiger partial charge in [0.15, 0.2) is 8.32 Å². The molecule has 1 atom stereocenters. The van der Waals surface area contributed by atoms with Gasteiger partial charge in [-0.15, -0.1) is 0 Å². The maximum Gasteiger partial charge on any atom is 0.334 e. The second kappa shape index (κ2) is 20.8. The molecule has 0 amide bonds. The van der Waals surface area contributed by atoms with Gasteiger partial charge in [0.05, 0.1) is 6.61 Å². The van der Waals surface area contributed by atoms with Crippen LogP contribution in [0.2, 0.25) is 18.1 Å². The molecule has 0 radical (unpaired) electrons. The molecule has 0 aromatic carbocycles. The zero-order chi connectivity index (χ0) is 30.8. The van der Waals surface area contributed by atoms with Crippen molar-refractivity contribution in [2.24, 2.45) is 5.92 Å². The minimum atomic E-state index is -1.81. The Morgan fingerprint density at radius 2 is 1.38 bits per heavy atom. The monoisotopic (exact) mass is 592 g/mol. The Hall–Kier alpha value is -1.04. The number of carbonyl (C=O) groups excluding carboxylic acids is 1. The molecule has 0 bridgehead atoms. The third-order valence-corrected chi connectivity index (χ3v) is 13.4. The van der Waals surface area contributed by atoms with Crippen LogP contribution in [-0.2, 0) is 14.0 Å². The maximum absolute atomic E-state index is 12.5. The van der Waals surface area contributed by atoms with Crippen molar-refractivity contribution in [3.63, 3.8) is 0 Å². The van der Waals surface area contributed by atoms with E-state index in [0.717, 1.165) is 63.5 Å². The Bertz CT molecular complexity index is 839. The highest BCUT2D eigenvalue weighted by Gasteiger charge is 2.37. The van der Waals surface area contributed by atoms with Crippen LogP contribution in [0.4, 0.5) is 0 Å². The van der Waals surface area contributed by atoms with Gasteiger partial charge in [0.2, 0.25) is 0 Å². The fourth-order valence-corrected chi connectivity index (χ4v) is 5.77. The number of thioether (sulfide) groups is 1. The normalized spacial score (nSPS) is 14.5. The van der Waals surface area contributed by atoms with Crippen molar-refractivity contribution < 1.29 is 14.0 Å². The van der Waals surface area contributed by atoms with Gasteiger partial charge in [-0.2, -0.15) is 11.8 Å². The predicted molar refractivity (Wildman–Crippen MR) is 183 cm³/mol. The van der Waals surface area contributed by atoms with Gasteiger partial charge in [0.25, 0.3) is 0 Å². The molecule has 0 saturated carbocycles. The lowest BCUT2D eigenvalue weighted by Crippen LogP contribution is -2.42. The number of carbonyl (C=O) groups is 1. The van der Waals surface area contributed by atoms with E-state index in [4.69, 9.17) is 9.16 Å². The number of rotatable bonds is 20. The van der Waals surface area contributed by atoms with Crippen LogP contribution in [0, 0.1) is 5.92 Å². The van der Waals surface area contributed by atoms with E-state index in [9.17, 15) is 4.79 Å². The van der Waals surface area contributed by atoms with E-state index in [2.05, 4.69) is 99.7 Å². The van der Waals surface area contributed by atoms with Gasteiger partial charge in [-0.05, 0) is 115 Å². The van der Waals surface area contributed by atoms with E-state index in [1.165, 1.54) is 16.7 Å². The number of hydrogen-bond donors (Lipinski definition) is 0. The minimum Gasteiger partial charge on any atom is -0.463 e. The van der Waals surface area contributed by atoms with Crippen LogP contribution in [0.15, 0.2) is 46.6 Å². The molecule has 0 aliphatic carbocycles. The smallest absolute Gasteiger partial charge is 0.334 e. The zero-order valence-corrected chi connectivity index (χ0v) is 30.2.